The standard InChI is InChI=1S/C34H50O2S2/c1-3-5-7-9-11-13-15-17-19-21-29(35)31-27-23-25-38-34(27)32(28-24-26-37-33(28)31)30(36)22-20-18-16-14-12-10-8-6-4-2/h23-26H,3-22H2,1-2H3. The van der Waals surface area contributed by atoms with Crippen molar-refractivity contribution in [2.75, 3.05) is 0 Å². The van der Waals surface area contributed by atoms with Crippen molar-refractivity contribution in [3.63, 3.8) is 0 Å². The van der Waals surface area contributed by atoms with Crippen LogP contribution in [0.5, 0.6) is 0 Å². The van der Waals surface area contributed by atoms with Gasteiger partial charge in [0.15, 0.2) is 11.6 Å². The minimum absolute atomic E-state index is 0.252. The molecule has 0 spiro atoms. The summed E-state index contributed by atoms with van der Waals surface area (Å²) in [7, 11) is 0. The first-order valence-corrected chi connectivity index (χ1v) is 17.4. The maximum atomic E-state index is 13.4. The number of thiophene rings is 2. The van der Waals surface area contributed by atoms with E-state index in [9.17, 15) is 9.59 Å². The van der Waals surface area contributed by atoms with E-state index in [0.717, 1.165) is 57.0 Å². The topological polar surface area (TPSA) is 34.1 Å². The van der Waals surface area contributed by atoms with Crippen molar-refractivity contribution in [3.05, 3.63) is 34.0 Å². The zero-order chi connectivity index (χ0) is 27.0. The van der Waals surface area contributed by atoms with Crippen LogP contribution < -0.4 is 0 Å². The number of hydrogen-bond acceptors (Lipinski definition) is 4. The Kier molecular flexibility index (Phi) is 14.6. The zero-order valence-corrected chi connectivity index (χ0v) is 25.7. The highest BCUT2D eigenvalue weighted by Crippen LogP contribution is 2.40. The minimum Gasteiger partial charge on any atom is -0.294 e. The van der Waals surface area contributed by atoms with Crippen molar-refractivity contribution in [1.29, 1.82) is 0 Å². The number of unbranched alkanes of at least 4 members (excludes halogenated alkanes) is 16. The molecule has 4 heteroatoms. The monoisotopic (exact) mass is 554 g/mol. The van der Waals surface area contributed by atoms with Crippen molar-refractivity contribution in [2.24, 2.45) is 0 Å². The molecular formula is C34H50O2S2. The molecule has 0 atom stereocenters. The number of fused-ring (bicyclic) bond motifs is 2. The highest BCUT2D eigenvalue weighted by atomic mass is 32.1. The van der Waals surface area contributed by atoms with Gasteiger partial charge in [0.2, 0.25) is 0 Å². The average molecular weight is 555 g/mol. The Morgan fingerprint density at radius 3 is 1.16 bits per heavy atom. The molecule has 2 nitrogen and oxygen atoms in total. The summed E-state index contributed by atoms with van der Waals surface area (Å²) in [5.41, 5.74) is 1.73. The molecule has 0 aliphatic heterocycles. The van der Waals surface area contributed by atoms with Crippen molar-refractivity contribution in [3.8, 4) is 0 Å². The normalized spacial score (nSPS) is 11.6. The Hall–Kier alpha value is -1.52. The largest absolute Gasteiger partial charge is 0.294 e. The van der Waals surface area contributed by atoms with Crippen LogP contribution in [0.25, 0.3) is 20.2 Å². The Balaban J connectivity index is 1.54. The summed E-state index contributed by atoms with van der Waals surface area (Å²) in [4.78, 5) is 26.9. The van der Waals surface area contributed by atoms with Crippen LogP contribution in [0, 0.1) is 0 Å². The Bertz CT molecular complexity index is 972. The lowest BCUT2D eigenvalue weighted by Gasteiger charge is -2.11. The van der Waals surface area contributed by atoms with E-state index in [-0.39, 0.29) is 11.6 Å². The summed E-state index contributed by atoms with van der Waals surface area (Å²) in [6, 6.07) is 4.13. The van der Waals surface area contributed by atoms with Crippen molar-refractivity contribution >= 4 is 54.4 Å². The molecule has 0 radical (unpaired) electrons. The molecule has 210 valence electrons. The molecule has 3 rings (SSSR count). The molecule has 0 bridgehead atoms. The van der Waals surface area contributed by atoms with Crippen LogP contribution in [-0.4, -0.2) is 11.6 Å². The summed E-state index contributed by atoms with van der Waals surface area (Å²) in [6.07, 6.45) is 23.8. The molecule has 0 unspecified atom stereocenters. The van der Waals surface area contributed by atoms with Crippen molar-refractivity contribution in [2.45, 2.75) is 142 Å². The summed E-state index contributed by atoms with van der Waals surface area (Å²) in [6.45, 7) is 4.52. The minimum atomic E-state index is 0.252. The molecule has 3 aromatic rings. The van der Waals surface area contributed by atoms with Crippen LogP contribution in [-0.2, 0) is 0 Å². The molecular weight excluding hydrogens is 505 g/mol. The van der Waals surface area contributed by atoms with E-state index in [4.69, 9.17) is 0 Å². The molecule has 2 aromatic heterocycles. The lowest BCUT2D eigenvalue weighted by atomic mass is 9.93. The van der Waals surface area contributed by atoms with Gasteiger partial charge >= 0.3 is 0 Å². The van der Waals surface area contributed by atoms with E-state index in [0.29, 0.717) is 12.8 Å². The summed E-state index contributed by atoms with van der Waals surface area (Å²) < 4.78 is 2.04. The highest BCUT2D eigenvalue weighted by molar-refractivity contribution is 7.19. The predicted molar refractivity (Wildman–Crippen MR) is 170 cm³/mol. The number of hydrogen-bond donors (Lipinski definition) is 0. The lowest BCUT2D eigenvalue weighted by molar-refractivity contribution is 0.0972. The maximum Gasteiger partial charge on any atom is 0.164 e. The molecule has 2 heterocycles. The third-order valence-corrected chi connectivity index (χ3v) is 9.76. The first-order valence-electron chi connectivity index (χ1n) is 15.7. The van der Waals surface area contributed by atoms with E-state index < -0.39 is 0 Å². The van der Waals surface area contributed by atoms with Gasteiger partial charge in [0, 0.05) is 44.1 Å². The van der Waals surface area contributed by atoms with E-state index in [1.54, 1.807) is 22.7 Å². The van der Waals surface area contributed by atoms with E-state index in [2.05, 4.69) is 36.7 Å². The number of carbonyl (C=O) groups is 2. The van der Waals surface area contributed by atoms with Crippen LogP contribution in [0.15, 0.2) is 22.9 Å². The first-order chi connectivity index (χ1) is 18.7. The number of ketones is 2. The lowest BCUT2D eigenvalue weighted by Crippen LogP contribution is -2.05. The fourth-order valence-corrected chi connectivity index (χ4v) is 7.60. The number of carbonyl (C=O) groups excluding carboxylic acids is 2. The molecule has 0 saturated carbocycles. The maximum absolute atomic E-state index is 13.4. The van der Waals surface area contributed by atoms with Crippen molar-refractivity contribution < 1.29 is 9.59 Å². The quantitative estimate of drug-likeness (QED) is 0.0914. The second-order valence-electron chi connectivity index (χ2n) is 11.1. The Morgan fingerprint density at radius 1 is 0.500 bits per heavy atom. The van der Waals surface area contributed by atoms with E-state index in [1.807, 2.05) is 0 Å². The number of benzene rings is 1. The molecule has 1 aromatic carbocycles. The van der Waals surface area contributed by atoms with Gasteiger partial charge in [0.1, 0.15) is 0 Å². The van der Waals surface area contributed by atoms with Gasteiger partial charge < -0.3 is 0 Å². The second kappa shape index (κ2) is 17.9. The van der Waals surface area contributed by atoms with Crippen LogP contribution in [0.2, 0.25) is 0 Å². The highest BCUT2D eigenvalue weighted by Gasteiger charge is 2.23. The third kappa shape index (κ3) is 9.30. The number of Topliss-reactive ketones (excluding diaryl/α,β-unsaturated/α-hetero) is 2. The SMILES string of the molecule is CCCCCCCCCCCC(=O)c1c2ccsc2c(C(=O)CCCCCCCCCCC)c2ccsc12. The summed E-state index contributed by atoms with van der Waals surface area (Å²) >= 11 is 3.25. The molecule has 0 N–H and O–H groups in total. The van der Waals surface area contributed by atoms with Gasteiger partial charge in [-0.15, -0.1) is 22.7 Å². The molecule has 0 saturated heterocycles. The average Bonchev–Trinajstić information content (AvgIpc) is 3.59. The van der Waals surface area contributed by atoms with Gasteiger partial charge in [-0.1, -0.05) is 117 Å². The molecule has 0 fully saturated rings. The van der Waals surface area contributed by atoms with E-state index in [1.165, 1.54) is 89.9 Å². The van der Waals surface area contributed by atoms with Gasteiger partial charge in [0.05, 0.1) is 0 Å². The summed E-state index contributed by atoms with van der Waals surface area (Å²) in [5.74, 6) is 0.503. The van der Waals surface area contributed by atoms with Gasteiger partial charge in [-0.2, -0.15) is 0 Å². The van der Waals surface area contributed by atoms with Gasteiger partial charge in [-0.25, -0.2) is 0 Å². The Morgan fingerprint density at radius 2 is 0.816 bits per heavy atom. The Labute approximate surface area is 239 Å². The van der Waals surface area contributed by atoms with Gasteiger partial charge in [0.25, 0.3) is 0 Å². The van der Waals surface area contributed by atoms with E-state index >= 15 is 0 Å². The smallest absolute Gasteiger partial charge is 0.164 e. The third-order valence-electron chi connectivity index (χ3n) is 7.90. The van der Waals surface area contributed by atoms with Crippen LogP contribution >= 0.6 is 22.7 Å². The van der Waals surface area contributed by atoms with Gasteiger partial charge in [-0.3, -0.25) is 9.59 Å². The number of rotatable bonds is 22. The fraction of sp³-hybridized carbons (Fsp3) is 0.647. The molecule has 0 amide bonds. The molecule has 0 aliphatic carbocycles. The molecule has 38 heavy (non-hydrogen) atoms. The first kappa shape index (κ1) is 31.0. The van der Waals surface area contributed by atoms with Crippen LogP contribution in [0.3, 0.4) is 0 Å². The zero-order valence-electron chi connectivity index (χ0n) is 24.1. The second-order valence-corrected chi connectivity index (χ2v) is 12.9. The summed E-state index contributed by atoms with van der Waals surface area (Å²) in [5, 5.41) is 6.11. The molecule has 0 aliphatic rings. The van der Waals surface area contributed by atoms with Crippen LogP contribution in [0.4, 0.5) is 0 Å². The predicted octanol–water partition coefficient (Wildman–Crippen LogP) is 12.3. The van der Waals surface area contributed by atoms with Crippen LogP contribution in [0.1, 0.15) is 163 Å². The van der Waals surface area contributed by atoms with Gasteiger partial charge in [-0.05, 0) is 35.7 Å². The van der Waals surface area contributed by atoms with Crippen molar-refractivity contribution in [1.82, 2.24) is 0 Å². The fourth-order valence-electron chi connectivity index (χ4n) is 5.64.